The minimum Gasteiger partial charge on any atom is -0.354 e. The predicted octanol–water partition coefficient (Wildman–Crippen LogP) is 6.66. The zero-order valence-electron chi connectivity index (χ0n) is 18.7. The van der Waals surface area contributed by atoms with Gasteiger partial charge in [0.1, 0.15) is 0 Å². The molecule has 0 aromatic heterocycles. The van der Waals surface area contributed by atoms with Gasteiger partial charge in [0.2, 0.25) is 5.91 Å². The van der Waals surface area contributed by atoms with E-state index < -0.39 is 0 Å². The van der Waals surface area contributed by atoms with E-state index in [1.165, 1.54) is 70.6 Å². The number of amides is 1. The van der Waals surface area contributed by atoms with Crippen LogP contribution in [0.3, 0.4) is 0 Å². The first-order chi connectivity index (χ1) is 13.1. The number of hydrogen-bond donors (Lipinski definition) is 2. The molecule has 27 heavy (non-hydrogen) atoms. The lowest BCUT2D eigenvalue weighted by molar-refractivity contribution is -0.121. The van der Waals surface area contributed by atoms with E-state index in [2.05, 4.69) is 38.2 Å². The fourth-order valence-corrected chi connectivity index (χ4v) is 3.22. The van der Waals surface area contributed by atoms with Crippen LogP contribution in [0.15, 0.2) is 12.2 Å². The highest BCUT2D eigenvalue weighted by atomic mass is 16.1. The standard InChI is InChI=1S/C24H48N2O/c1-4-7-8-9-10-11-12-13-14-15-16-17-18-19-20-21-23(27)26-22-24(25,5-2)6-3/h13-14H,4-12,15-22,25H2,1-3H3,(H,26,27). The van der Waals surface area contributed by atoms with Crippen LogP contribution in [-0.4, -0.2) is 18.0 Å². The van der Waals surface area contributed by atoms with Crippen LogP contribution in [-0.2, 0) is 4.79 Å². The lowest BCUT2D eigenvalue weighted by Crippen LogP contribution is -2.49. The number of nitrogens with one attached hydrogen (secondary N) is 1. The zero-order valence-corrected chi connectivity index (χ0v) is 18.7. The monoisotopic (exact) mass is 380 g/mol. The topological polar surface area (TPSA) is 55.1 Å². The number of carbonyl (C=O) groups excluding carboxylic acids is 1. The second kappa shape index (κ2) is 18.5. The van der Waals surface area contributed by atoms with Crippen molar-refractivity contribution in [3.05, 3.63) is 12.2 Å². The minimum atomic E-state index is -0.238. The SMILES string of the molecule is CCCCCCCCC=CCCCCCCCC(=O)NCC(N)(CC)CC. The minimum absolute atomic E-state index is 0.157. The summed E-state index contributed by atoms with van der Waals surface area (Å²) in [4.78, 5) is 11.9. The molecular formula is C24H48N2O. The Morgan fingerprint density at radius 1 is 0.778 bits per heavy atom. The molecule has 0 aliphatic heterocycles. The number of carbonyl (C=O) groups is 1. The molecule has 0 unspecified atom stereocenters. The first-order valence-corrected chi connectivity index (χ1v) is 11.8. The molecule has 0 heterocycles. The third-order valence-electron chi connectivity index (χ3n) is 5.71. The summed E-state index contributed by atoms with van der Waals surface area (Å²) in [6, 6.07) is 0. The highest BCUT2D eigenvalue weighted by Gasteiger charge is 2.20. The number of rotatable bonds is 19. The summed E-state index contributed by atoms with van der Waals surface area (Å²) in [6.45, 7) is 7.04. The van der Waals surface area contributed by atoms with Crippen LogP contribution in [0.1, 0.15) is 124 Å². The van der Waals surface area contributed by atoms with Gasteiger partial charge >= 0.3 is 0 Å². The highest BCUT2D eigenvalue weighted by molar-refractivity contribution is 5.75. The molecule has 0 atom stereocenters. The van der Waals surface area contributed by atoms with Gasteiger partial charge in [-0.05, 0) is 44.9 Å². The Kier molecular flexibility index (Phi) is 18.0. The van der Waals surface area contributed by atoms with Crippen molar-refractivity contribution in [2.45, 2.75) is 129 Å². The van der Waals surface area contributed by atoms with Gasteiger partial charge in [-0.25, -0.2) is 0 Å². The van der Waals surface area contributed by atoms with Crippen molar-refractivity contribution in [3.63, 3.8) is 0 Å². The summed E-state index contributed by atoms with van der Waals surface area (Å²) in [6.07, 6.45) is 23.9. The molecule has 0 aromatic carbocycles. The first-order valence-electron chi connectivity index (χ1n) is 11.8. The van der Waals surface area contributed by atoms with Crippen LogP contribution >= 0.6 is 0 Å². The molecule has 0 fully saturated rings. The summed E-state index contributed by atoms with van der Waals surface area (Å²) in [5.41, 5.74) is 5.97. The number of allylic oxidation sites excluding steroid dienone is 2. The van der Waals surface area contributed by atoms with Crippen LogP contribution in [0.25, 0.3) is 0 Å². The fraction of sp³-hybridized carbons (Fsp3) is 0.875. The van der Waals surface area contributed by atoms with E-state index in [0.29, 0.717) is 13.0 Å². The lowest BCUT2D eigenvalue weighted by atomic mass is 9.94. The van der Waals surface area contributed by atoms with Gasteiger partial charge in [0.15, 0.2) is 0 Å². The molecule has 1 amide bonds. The maximum absolute atomic E-state index is 11.9. The van der Waals surface area contributed by atoms with Gasteiger partial charge < -0.3 is 11.1 Å². The van der Waals surface area contributed by atoms with Gasteiger partial charge in [0, 0.05) is 18.5 Å². The second-order valence-electron chi connectivity index (χ2n) is 8.18. The van der Waals surface area contributed by atoms with E-state index in [1.54, 1.807) is 0 Å². The van der Waals surface area contributed by atoms with Crippen molar-refractivity contribution in [3.8, 4) is 0 Å². The molecule has 0 saturated carbocycles. The molecule has 0 aliphatic rings. The van der Waals surface area contributed by atoms with Crippen molar-refractivity contribution in [2.24, 2.45) is 5.73 Å². The van der Waals surface area contributed by atoms with Gasteiger partial charge in [0.25, 0.3) is 0 Å². The van der Waals surface area contributed by atoms with Gasteiger partial charge in [-0.3, -0.25) is 4.79 Å². The normalized spacial score (nSPS) is 12.0. The van der Waals surface area contributed by atoms with E-state index >= 15 is 0 Å². The molecule has 0 saturated heterocycles. The van der Waals surface area contributed by atoms with Crippen molar-refractivity contribution in [2.75, 3.05) is 6.54 Å². The van der Waals surface area contributed by atoms with Crippen molar-refractivity contribution in [1.82, 2.24) is 5.32 Å². The summed E-state index contributed by atoms with van der Waals surface area (Å²) in [5, 5.41) is 3.00. The smallest absolute Gasteiger partial charge is 0.220 e. The van der Waals surface area contributed by atoms with Gasteiger partial charge in [-0.15, -0.1) is 0 Å². The summed E-state index contributed by atoms with van der Waals surface area (Å²) < 4.78 is 0. The maximum atomic E-state index is 11.9. The molecule has 0 aromatic rings. The lowest BCUT2D eigenvalue weighted by Gasteiger charge is -2.26. The molecule has 0 aliphatic carbocycles. The molecule has 0 spiro atoms. The molecule has 3 heteroatoms. The quantitative estimate of drug-likeness (QED) is 0.194. The van der Waals surface area contributed by atoms with Crippen molar-refractivity contribution >= 4 is 5.91 Å². The second-order valence-corrected chi connectivity index (χ2v) is 8.18. The highest BCUT2D eigenvalue weighted by Crippen LogP contribution is 2.11. The summed E-state index contributed by atoms with van der Waals surface area (Å²) in [7, 11) is 0. The predicted molar refractivity (Wildman–Crippen MR) is 120 cm³/mol. The zero-order chi connectivity index (χ0) is 20.2. The molecule has 3 N–H and O–H groups in total. The van der Waals surface area contributed by atoms with Crippen molar-refractivity contribution in [1.29, 1.82) is 0 Å². The Morgan fingerprint density at radius 3 is 1.78 bits per heavy atom. The van der Waals surface area contributed by atoms with E-state index in [1.807, 2.05) is 0 Å². The molecule has 0 radical (unpaired) electrons. The molecule has 3 nitrogen and oxygen atoms in total. The Balaban J connectivity index is 3.37. The number of nitrogens with two attached hydrogens (primary N) is 1. The average Bonchev–Trinajstić information content (AvgIpc) is 2.69. The number of hydrogen-bond acceptors (Lipinski definition) is 2. The van der Waals surface area contributed by atoms with Gasteiger partial charge in [0.05, 0.1) is 0 Å². The average molecular weight is 381 g/mol. The number of unbranched alkanes of at least 4 members (excludes halogenated alkanes) is 11. The first kappa shape index (κ1) is 26.2. The van der Waals surface area contributed by atoms with Gasteiger partial charge in [-0.2, -0.15) is 0 Å². The van der Waals surface area contributed by atoms with E-state index in [0.717, 1.165) is 25.7 Å². The molecule has 0 bridgehead atoms. The largest absolute Gasteiger partial charge is 0.354 e. The van der Waals surface area contributed by atoms with Crippen LogP contribution in [0, 0.1) is 0 Å². The Labute approximate surface area is 169 Å². The van der Waals surface area contributed by atoms with Crippen LogP contribution < -0.4 is 11.1 Å². The Morgan fingerprint density at radius 2 is 1.26 bits per heavy atom. The summed E-state index contributed by atoms with van der Waals surface area (Å²) >= 11 is 0. The fourth-order valence-electron chi connectivity index (χ4n) is 3.22. The molecular weight excluding hydrogens is 332 g/mol. The van der Waals surface area contributed by atoms with E-state index in [4.69, 9.17) is 5.73 Å². The third-order valence-corrected chi connectivity index (χ3v) is 5.71. The van der Waals surface area contributed by atoms with Crippen LogP contribution in [0.2, 0.25) is 0 Å². The molecule has 160 valence electrons. The Hall–Kier alpha value is -0.830. The third kappa shape index (κ3) is 17.0. The van der Waals surface area contributed by atoms with Gasteiger partial charge in [-0.1, -0.05) is 84.3 Å². The summed E-state index contributed by atoms with van der Waals surface area (Å²) in [5.74, 6) is 0.157. The Bertz CT molecular complexity index is 361. The van der Waals surface area contributed by atoms with Crippen LogP contribution in [0.4, 0.5) is 0 Å². The van der Waals surface area contributed by atoms with E-state index in [9.17, 15) is 4.79 Å². The maximum Gasteiger partial charge on any atom is 0.220 e. The molecule has 0 rings (SSSR count). The van der Waals surface area contributed by atoms with E-state index in [-0.39, 0.29) is 11.4 Å². The van der Waals surface area contributed by atoms with Crippen LogP contribution in [0.5, 0.6) is 0 Å². The van der Waals surface area contributed by atoms with Crippen molar-refractivity contribution < 1.29 is 4.79 Å².